The lowest BCUT2D eigenvalue weighted by molar-refractivity contribution is 0.418. The Morgan fingerprint density at radius 3 is 3.00 bits per heavy atom. The minimum Gasteiger partial charge on any atom is -0.337 e. The van der Waals surface area contributed by atoms with Gasteiger partial charge in [0.15, 0.2) is 0 Å². The third-order valence-electron chi connectivity index (χ3n) is 3.67. The maximum Gasteiger partial charge on any atom is 0.0945 e. The van der Waals surface area contributed by atoms with Crippen molar-refractivity contribution >= 4 is 0 Å². The Balaban J connectivity index is 1.52. The van der Waals surface area contributed by atoms with Crippen LogP contribution in [0.4, 0.5) is 0 Å². The molecule has 1 aromatic rings. The summed E-state index contributed by atoms with van der Waals surface area (Å²) in [7, 11) is 0. The second-order valence-corrected chi connectivity index (χ2v) is 4.98. The molecule has 1 aliphatic rings. The molecule has 1 aliphatic carbocycles. The van der Waals surface area contributed by atoms with E-state index < -0.39 is 0 Å². The Labute approximate surface area is 98.3 Å². The van der Waals surface area contributed by atoms with Gasteiger partial charge < -0.3 is 9.88 Å². The molecule has 0 bridgehead atoms. The summed E-state index contributed by atoms with van der Waals surface area (Å²) < 4.78 is 2.15. The second-order valence-electron chi connectivity index (χ2n) is 4.98. The minimum atomic E-state index is 0.785. The third-order valence-corrected chi connectivity index (χ3v) is 3.67. The molecule has 0 aliphatic heterocycles. The monoisotopic (exact) mass is 221 g/mol. The summed E-state index contributed by atoms with van der Waals surface area (Å²) in [6, 6.07) is 0.785. The number of aryl methyl sites for hydroxylation is 1. The average molecular weight is 221 g/mol. The molecule has 1 heterocycles. The minimum absolute atomic E-state index is 0.785. The summed E-state index contributed by atoms with van der Waals surface area (Å²) in [5, 5.41) is 3.69. The van der Waals surface area contributed by atoms with Crippen LogP contribution in [-0.4, -0.2) is 22.1 Å². The molecule has 0 aromatic carbocycles. The molecule has 0 saturated heterocycles. The van der Waals surface area contributed by atoms with Gasteiger partial charge in [0.1, 0.15) is 0 Å². The Hall–Kier alpha value is -0.830. The van der Waals surface area contributed by atoms with Crippen molar-refractivity contribution in [2.75, 3.05) is 6.54 Å². The van der Waals surface area contributed by atoms with Crippen LogP contribution in [0.15, 0.2) is 18.7 Å². The molecular formula is C13H23N3. The Morgan fingerprint density at radius 2 is 2.31 bits per heavy atom. The molecule has 16 heavy (non-hydrogen) atoms. The Bertz CT molecular complexity index is 281. The fourth-order valence-corrected chi connectivity index (χ4v) is 2.57. The van der Waals surface area contributed by atoms with E-state index in [0.717, 1.165) is 18.5 Å². The Morgan fingerprint density at radius 1 is 1.38 bits per heavy atom. The number of rotatable bonds is 6. The highest BCUT2D eigenvalue weighted by Gasteiger charge is 2.21. The molecule has 1 fully saturated rings. The molecule has 1 aromatic heterocycles. The quantitative estimate of drug-likeness (QED) is 0.748. The largest absolute Gasteiger partial charge is 0.337 e. The van der Waals surface area contributed by atoms with E-state index in [0.29, 0.717) is 0 Å². The van der Waals surface area contributed by atoms with Gasteiger partial charge in [-0.05, 0) is 38.1 Å². The van der Waals surface area contributed by atoms with Gasteiger partial charge in [-0.1, -0.05) is 13.3 Å². The van der Waals surface area contributed by atoms with Gasteiger partial charge in [-0.15, -0.1) is 0 Å². The number of nitrogens with one attached hydrogen (secondary N) is 1. The predicted octanol–water partition coefficient (Wildman–Crippen LogP) is 2.44. The van der Waals surface area contributed by atoms with Crippen molar-refractivity contribution in [1.82, 2.24) is 14.9 Å². The van der Waals surface area contributed by atoms with E-state index in [1.807, 2.05) is 18.7 Å². The highest BCUT2D eigenvalue weighted by molar-refractivity contribution is 4.80. The first kappa shape index (κ1) is 11.6. The SMILES string of the molecule is CC1CCCC1NCCCCn1ccnc1. The number of unbranched alkanes of at least 4 members (excludes halogenated alkanes) is 1. The van der Waals surface area contributed by atoms with Gasteiger partial charge in [0.25, 0.3) is 0 Å². The number of imidazole rings is 1. The first-order valence-corrected chi connectivity index (χ1v) is 6.55. The maximum absolute atomic E-state index is 4.04. The molecule has 0 spiro atoms. The summed E-state index contributed by atoms with van der Waals surface area (Å²) >= 11 is 0. The molecule has 2 atom stereocenters. The van der Waals surface area contributed by atoms with E-state index in [2.05, 4.69) is 21.8 Å². The zero-order valence-electron chi connectivity index (χ0n) is 10.2. The van der Waals surface area contributed by atoms with Crippen LogP contribution in [0.25, 0.3) is 0 Å². The van der Waals surface area contributed by atoms with Crippen LogP contribution in [0.3, 0.4) is 0 Å². The van der Waals surface area contributed by atoms with Crippen molar-refractivity contribution in [2.24, 2.45) is 5.92 Å². The van der Waals surface area contributed by atoms with Crippen molar-refractivity contribution in [3.05, 3.63) is 18.7 Å². The molecule has 90 valence electrons. The smallest absolute Gasteiger partial charge is 0.0945 e. The molecule has 2 unspecified atom stereocenters. The zero-order chi connectivity index (χ0) is 11.2. The molecule has 3 heteroatoms. The summed E-state index contributed by atoms with van der Waals surface area (Å²) in [6.07, 6.45) is 12.5. The van der Waals surface area contributed by atoms with Gasteiger partial charge in [0.05, 0.1) is 6.33 Å². The standard InChI is InChI=1S/C13H23N3/c1-12-5-4-6-13(12)15-7-2-3-9-16-10-8-14-11-16/h8,10-13,15H,2-7,9H2,1H3. The lowest BCUT2D eigenvalue weighted by Gasteiger charge is -2.17. The lowest BCUT2D eigenvalue weighted by atomic mass is 10.1. The summed E-state index contributed by atoms with van der Waals surface area (Å²) in [5.74, 6) is 0.883. The maximum atomic E-state index is 4.04. The van der Waals surface area contributed by atoms with E-state index in [1.165, 1.54) is 38.6 Å². The summed E-state index contributed by atoms with van der Waals surface area (Å²) in [4.78, 5) is 4.04. The number of hydrogen-bond acceptors (Lipinski definition) is 2. The first-order valence-electron chi connectivity index (χ1n) is 6.55. The van der Waals surface area contributed by atoms with Crippen molar-refractivity contribution in [2.45, 2.75) is 51.6 Å². The highest BCUT2D eigenvalue weighted by Crippen LogP contribution is 2.24. The topological polar surface area (TPSA) is 29.9 Å². The van der Waals surface area contributed by atoms with Gasteiger partial charge in [-0.3, -0.25) is 0 Å². The van der Waals surface area contributed by atoms with Gasteiger partial charge in [0, 0.05) is 25.0 Å². The highest BCUT2D eigenvalue weighted by atomic mass is 15.0. The van der Waals surface area contributed by atoms with Crippen LogP contribution in [0, 0.1) is 5.92 Å². The third kappa shape index (κ3) is 3.34. The fourth-order valence-electron chi connectivity index (χ4n) is 2.57. The first-order chi connectivity index (χ1) is 7.86. The normalized spacial score (nSPS) is 25.1. The molecule has 2 rings (SSSR count). The molecule has 1 saturated carbocycles. The number of hydrogen-bond donors (Lipinski definition) is 1. The molecular weight excluding hydrogens is 198 g/mol. The van der Waals surface area contributed by atoms with E-state index in [9.17, 15) is 0 Å². The second kappa shape index (κ2) is 6.04. The predicted molar refractivity (Wildman–Crippen MR) is 66.3 cm³/mol. The van der Waals surface area contributed by atoms with Gasteiger partial charge >= 0.3 is 0 Å². The molecule has 3 nitrogen and oxygen atoms in total. The number of nitrogens with zero attached hydrogens (tertiary/aromatic N) is 2. The van der Waals surface area contributed by atoms with Crippen LogP contribution in [-0.2, 0) is 6.54 Å². The average Bonchev–Trinajstić information content (AvgIpc) is 2.90. The van der Waals surface area contributed by atoms with Crippen molar-refractivity contribution in [3.63, 3.8) is 0 Å². The van der Waals surface area contributed by atoms with Crippen LogP contribution in [0.2, 0.25) is 0 Å². The van der Waals surface area contributed by atoms with Crippen LogP contribution >= 0.6 is 0 Å². The van der Waals surface area contributed by atoms with Gasteiger partial charge in [0.2, 0.25) is 0 Å². The molecule has 1 N–H and O–H groups in total. The molecule has 0 amide bonds. The van der Waals surface area contributed by atoms with E-state index >= 15 is 0 Å². The van der Waals surface area contributed by atoms with Crippen molar-refractivity contribution < 1.29 is 0 Å². The zero-order valence-corrected chi connectivity index (χ0v) is 10.2. The summed E-state index contributed by atoms with van der Waals surface area (Å²) in [6.45, 7) is 4.64. The van der Waals surface area contributed by atoms with E-state index in [4.69, 9.17) is 0 Å². The van der Waals surface area contributed by atoms with Crippen molar-refractivity contribution in [1.29, 1.82) is 0 Å². The van der Waals surface area contributed by atoms with Crippen LogP contribution in [0.1, 0.15) is 39.0 Å². The fraction of sp³-hybridized carbons (Fsp3) is 0.769. The number of aromatic nitrogens is 2. The van der Waals surface area contributed by atoms with Crippen LogP contribution < -0.4 is 5.32 Å². The van der Waals surface area contributed by atoms with Gasteiger partial charge in [-0.25, -0.2) is 4.98 Å². The lowest BCUT2D eigenvalue weighted by Crippen LogP contribution is -2.31. The van der Waals surface area contributed by atoms with E-state index in [-0.39, 0.29) is 0 Å². The van der Waals surface area contributed by atoms with Crippen molar-refractivity contribution in [3.8, 4) is 0 Å². The van der Waals surface area contributed by atoms with Crippen LogP contribution in [0.5, 0.6) is 0 Å². The van der Waals surface area contributed by atoms with Gasteiger partial charge in [-0.2, -0.15) is 0 Å². The summed E-state index contributed by atoms with van der Waals surface area (Å²) in [5.41, 5.74) is 0. The molecule has 0 radical (unpaired) electrons. The Kier molecular flexibility index (Phi) is 4.40. The van der Waals surface area contributed by atoms with E-state index in [1.54, 1.807) is 0 Å².